The molecule has 84 valence electrons. The molecule has 15 heavy (non-hydrogen) atoms. The zero-order valence-electron chi connectivity index (χ0n) is 8.47. The van der Waals surface area contributed by atoms with Gasteiger partial charge in [-0.15, -0.1) is 19.0 Å². The molecule has 0 radical (unpaired) electrons. The van der Waals surface area contributed by atoms with Crippen LogP contribution in [0.25, 0.3) is 0 Å². The molecule has 4 heteroatoms. The molecule has 0 saturated carbocycles. The van der Waals surface area contributed by atoms with Crippen LogP contribution in [-0.4, -0.2) is 0 Å². The lowest BCUT2D eigenvalue weighted by atomic mass is 10.0. The molecule has 1 aromatic carbocycles. The first kappa shape index (κ1) is 14.6. The summed E-state index contributed by atoms with van der Waals surface area (Å²) in [5, 5.41) is 0. The Labute approximate surface area is 104 Å². The highest BCUT2D eigenvalue weighted by molar-refractivity contribution is 9.10. The first-order valence-electron chi connectivity index (χ1n) is 4.36. The summed E-state index contributed by atoms with van der Waals surface area (Å²) in [6, 6.07) is 4.69. The molecule has 1 atom stereocenters. The van der Waals surface area contributed by atoms with Crippen molar-refractivity contribution in [2.75, 3.05) is 0 Å². The molecule has 0 aliphatic heterocycles. The summed E-state index contributed by atoms with van der Waals surface area (Å²) in [5.74, 6) is -0.278. The molecule has 0 unspecified atom stereocenters. The molecule has 2 N–H and O–H groups in total. The molecule has 0 amide bonds. The number of hydrogen-bond donors (Lipinski definition) is 1. The zero-order chi connectivity index (χ0) is 10.7. The van der Waals surface area contributed by atoms with Crippen LogP contribution >= 0.6 is 28.3 Å². The molecule has 1 nitrogen and oxygen atoms in total. The Bertz CT molecular complexity index is 354. The van der Waals surface area contributed by atoms with Crippen molar-refractivity contribution in [3.05, 3.63) is 46.2 Å². The first-order valence-corrected chi connectivity index (χ1v) is 5.15. The van der Waals surface area contributed by atoms with E-state index in [0.29, 0.717) is 10.9 Å². The van der Waals surface area contributed by atoms with E-state index in [-0.39, 0.29) is 24.3 Å². The lowest BCUT2D eigenvalue weighted by Crippen LogP contribution is -2.11. The van der Waals surface area contributed by atoms with Crippen molar-refractivity contribution in [1.29, 1.82) is 0 Å². The average Bonchev–Trinajstić information content (AvgIpc) is 2.08. The maximum atomic E-state index is 13.2. The molecule has 0 spiro atoms. The Kier molecular flexibility index (Phi) is 6.10. The van der Waals surface area contributed by atoms with E-state index >= 15 is 0 Å². The van der Waals surface area contributed by atoms with Gasteiger partial charge in [-0.2, -0.15) is 0 Å². The van der Waals surface area contributed by atoms with Crippen LogP contribution < -0.4 is 5.73 Å². The van der Waals surface area contributed by atoms with Gasteiger partial charge in [0.2, 0.25) is 0 Å². The minimum Gasteiger partial charge on any atom is -0.324 e. The van der Waals surface area contributed by atoms with Gasteiger partial charge in [0.05, 0.1) is 4.47 Å². The van der Waals surface area contributed by atoms with Crippen molar-refractivity contribution >= 4 is 28.3 Å². The number of nitrogens with two attached hydrogens (primary N) is 1. The van der Waals surface area contributed by atoms with E-state index in [1.54, 1.807) is 6.07 Å². The van der Waals surface area contributed by atoms with Gasteiger partial charge in [0.15, 0.2) is 0 Å². The van der Waals surface area contributed by atoms with Gasteiger partial charge >= 0.3 is 0 Å². The number of hydrogen-bond acceptors (Lipinski definition) is 1. The number of halogens is 3. The van der Waals surface area contributed by atoms with Crippen molar-refractivity contribution in [2.45, 2.75) is 19.4 Å². The van der Waals surface area contributed by atoms with E-state index in [2.05, 4.69) is 22.5 Å². The fraction of sp³-hybridized carbons (Fsp3) is 0.273. The Morgan fingerprint density at radius 2 is 2.20 bits per heavy atom. The summed E-state index contributed by atoms with van der Waals surface area (Å²) >= 11 is 3.19. The maximum Gasteiger partial charge on any atom is 0.137 e. The molecule has 0 heterocycles. The molecule has 0 aromatic heterocycles. The van der Waals surface area contributed by atoms with Crippen LogP contribution in [-0.2, 0) is 0 Å². The zero-order valence-corrected chi connectivity index (χ0v) is 10.9. The van der Waals surface area contributed by atoms with Gasteiger partial charge in [-0.1, -0.05) is 17.7 Å². The molecular formula is C11H14BrClFN. The van der Waals surface area contributed by atoms with Crippen LogP contribution in [0.3, 0.4) is 0 Å². The molecule has 0 aliphatic rings. The van der Waals surface area contributed by atoms with E-state index in [1.165, 1.54) is 6.07 Å². The van der Waals surface area contributed by atoms with E-state index in [9.17, 15) is 4.39 Å². The summed E-state index contributed by atoms with van der Waals surface area (Å²) in [6.45, 7) is 5.69. The van der Waals surface area contributed by atoms with Gasteiger partial charge in [0.1, 0.15) is 5.82 Å². The molecule has 0 saturated heterocycles. The van der Waals surface area contributed by atoms with Crippen LogP contribution in [0.2, 0.25) is 0 Å². The van der Waals surface area contributed by atoms with Crippen molar-refractivity contribution in [3.63, 3.8) is 0 Å². The van der Waals surface area contributed by atoms with E-state index in [1.807, 2.05) is 13.0 Å². The minimum absolute atomic E-state index is 0. The van der Waals surface area contributed by atoms with Crippen molar-refractivity contribution in [3.8, 4) is 0 Å². The predicted octanol–water partition coefficient (Wildman–Crippen LogP) is 3.98. The predicted molar refractivity (Wildman–Crippen MR) is 67.7 cm³/mol. The van der Waals surface area contributed by atoms with Crippen LogP contribution in [0.4, 0.5) is 4.39 Å². The quantitative estimate of drug-likeness (QED) is 0.839. The third-order valence-electron chi connectivity index (χ3n) is 1.95. The van der Waals surface area contributed by atoms with Crippen LogP contribution in [0, 0.1) is 5.82 Å². The third kappa shape index (κ3) is 3.93. The summed E-state index contributed by atoms with van der Waals surface area (Å²) in [7, 11) is 0. The fourth-order valence-corrected chi connectivity index (χ4v) is 1.85. The second-order valence-electron chi connectivity index (χ2n) is 3.41. The van der Waals surface area contributed by atoms with Gasteiger partial charge in [0.25, 0.3) is 0 Å². The molecular weight excluding hydrogens is 280 g/mol. The third-order valence-corrected chi connectivity index (χ3v) is 2.79. The summed E-state index contributed by atoms with van der Waals surface area (Å²) < 4.78 is 13.6. The summed E-state index contributed by atoms with van der Waals surface area (Å²) in [4.78, 5) is 0. The lowest BCUT2D eigenvalue weighted by Gasteiger charge is -2.13. The Hall–Kier alpha value is -0.380. The highest BCUT2D eigenvalue weighted by Crippen LogP contribution is 2.27. The molecule has 1 aromatic rings. The van der Waals surface area contributed by atoms with Crippen LogP contribution in [0.5, 0.6) is 0 Å². The van der Waals surface area contributed by atoms with Crippen LogP contribution in [0.15, 0.2) is 34.8 Å². The molecule has 0 fully saturated rings. The van der Waals surface area contributed by atoms with Crippen LogP contribution in [0.1, 0.15) is 24.9 Å². The van der Waals surface area contributed by atoms with Crippen molar-refractivity contribution in [1.82, 2.24) is 0 Å². The number of rotatable bonds is 3. The monoisotopic (exact) mass is 293 g/mol. The largest absolute Gasteiger partial charge is 0.324 e. The standard InChI is InChI=1S/C11H13BrFN.ClH/c1-7(2)6-10(14)8-4-3-5-9(13)11(8)12;/h3-5,10H,1,6,14H2,2H3;1H/t10-;/m1./s1. The van der Waals surface area contributed by atoms with Gasteiger partial charge in [-0.05, 0) is 40.9 Å². The Morgan fingerprint density at radius 1 is 1.60 bits per heavy atom. The Morgan fingerprint density at radius 3 is 2.73 bits per heavy atom. The van der Waals surface area contributed by atoms with E-state index < -0.39 is 0 Å². The molecule has 0 aliphatic carbocycles. The summed E-state index contributed by atoms with van der Waals surface area (Å²) in [6.07, 6.45) is 0.669. The second-order valence-corrected chi connectivity index (χ2v) is 4.20. The topological polar surface area (TPSA) is 26.0 Å². The van der Waals surface area contributed by atoms with Gasteiger partial charge in [-0.25, -0.2) is 4.39 Å². The van der Waals surface area contributed by atoms with E-state index in [4.69, 9.17) is 5.73 Å². The first-order chi connectivity index (χ1) is 6.52. The fourth-order valence-electron chi connectivity index (χ4n) is 1.29. The molecule has 1 rings (SSSR count). The van der Waals surface area contributed by atoms with Gasteiger partial charge < -0.3 is 5.73 Å². The highest BCUT2D eigenvalue weighted by Gasteiger charge is 2.12. The van der Waals surface area contributed by atoms with Gasteiger partial charge in [0, 0.05) is 6.04 Å². The average molecular weight is 295 g/mol. The van der Waals surface area contributed by atoms with E-state index in [0.717, 1.165) is 11.1 Å². The van der Waals surface area contributed by atoms with Crippen molar-refractivity contribution < 1.29 is 4.39 Å². The van der Waals surface area contributed by atoms with Gasteiger partial charge in [-0.3, -0.25) is 0 Å². The second kappa shape index (κ2) is 6.26. The normalized spacial score (nSPS) is 11.7. The summed E-state index contributed by atoms with van der Waals surface area (Å²) in [5.41, 5.74) is 7.69. The Balaban J connectivity index is 0.00000196. The van der Waals surface area contributed by atoms with Crippen molar-refractivity contribution in [2.24, 2.45) is 5.73 Å². The number of benzene rings is 1. The molecule has 0 bridgehead atoms. The lowest BCUT2D eigenvalue weighted by molar-refractivity contribution is 0.610. The maximum absolute atomic E-state index is 13.2. The SMILES string of the molecule is C=C(C)C[C@@H](N)c1cccc(F)c1Br.Cl. The minimum atomic E-state index is -0.278. The highest BCUT2D eigenvalue weighted by atomic mass is 79.9. The smallest absolute Gasteiger partial charge is 0.137 e.